The summed E-state index contributed by atoms with van der Waals surface area (Å²) in [5.41, 5.74) is 6.11. The number of ketones is 1. The molecule has 0 unspecified atom stereocenters. The third kappa shape index (κ3) is 4.46. The zero-order chi connectivity index (χ0) is 28.0. The van der Waals surface area contributed by atoms with Crippen LogP contribution in [0.4, 0.5) is 4.79 Å². The molecule has 0 aliphatic heterocycles. The van der Waals surface area contributed by atoms with Crippen molar-refractivity contribution >= 4 is 39.7 Å². The van der Waals surface area contributed by atoms with Crippen LogP contribution in [-0.2, 0) is 11.3 Å². The average Bonchev–Trinajstić information content (AvgIpc) is 3.46. The number of hydrogen-bond acceptors (Lipinski definition) is 6. The maximum atomic E-state index is 13.7. The highest BCUT2D eigenvalue weighted by Crippen LogP contribution is 2.29. The number of hydrogen-bond donors (Lipinski definition) is 0. The smallest absolute Gasteiger partial charge is 0.338 e. The lowest BCUT2D eigenvalue weighted by atomic mass is 9.98. The lowest BCUT2D eigenvalue weighted by molar-refractivity contribution is 0.0603. The van der Waals surface area contributed by atoms with Crippen LogP contribution in [0, 0.1) is 20.8 Å². The molecule has 5 rings (SSSR count). The maximum absolute atomic E-state index is 13.7. The number of methoxy groups -OCH3 is 1. The average molecular weight is 524 g/mol. The van der Waals surface area contributed by atoms with Gasteiger partial charge in [-0.2, -0.15) is 0 Å². The van der Waals surface area contributed by atoms with Gasteiger partial charge in [-0.3, -0.25) is 14.3 Å². The molecule has 0 N–H and O–H groups in total. The van der Waals surface area contributed by atoms with E-state index in [0.717, 1.165) is 33.8 Å². The number of rotatable bonds is 5. The lowest BCUT2D eigenvalue weighted by Gasteiger charge is -2.11. The summed E-state index contributed by atoms with van der Waals surface area (Å²) in [6, 6.07) is 14.0. The molecule has 0 fully saturated rings. The zero-order valence-electron chi connectivity index (χ0n) is 22.8. The summed E-state index contributed by atoms with van der Waals surface area (Å²) >= 11 is 0. The highest BCUT2D eigenvalue weighted by Gasteiger charge is 2.25. The number of carbonyl (C=O) groups is 3. The first-order chi connectivity index (χ1) is 18.6. The number of amides is 1. The minimum atomic E-state index is -0.580. The summed E-state index contributed by atoms with van der Waals surface area (Å²) in [7, 11) is 4.54. The Balaban J connectivity index is 1.54. The molecule has 3 aromatic heterocycles. The van der Waals surface area contributed by atoms with Crippen molar-refractivity contribution in [3.63, 3.8) is 0 Å². The predicted molar refractivity (Wildman–Crippen MR) is 148 cm³/mol. The number of carbonyl (C=O) groups excluding carboxylic acids is 3. The molecule has 198 valence electrons. The van der Waals surface area contributed by atoms with Crippen LogP contribution in [0.25, 0.3) is 21.9 Å². The van der Waals surface area contributed by atoms with Crippen molar-refractivity contribution in [3.05, 3.63) is 94.2 Å². The molecule has 0 atom stereocenters. The number of esters is 1. The summed E-state index contributed by atoms with van der Waals surface area (Å²) in [5.74, 6) is 0.00723. The predicted octanol–water partition coefficient (Wildman–Crippen LogP) is 4.91. The normalized spacial score (nSPS) is 11.2. The van der Waals surface area contributed by atoms with Gasteiger partial charge in [-0.05, 0) is 44.5 Å². The molecule has 39 heavy (non-hydrogen) atoms. The summed E-state index contributed by atoms with van der Waals surface area (Å²) in [6.07, 6.45) is 1.50. The molecule has 0 spiro atoms. The molecule has 5 aromatic rings. The Morgan fingerprint density at radius 3 is 2.31 bits per heavy atom. The van der Waals surface area contributed by atoms with Crippen LogP contribution in [0.3, 0.4) is 0 Å². The van der Waals surface area contributed by atoms with Crippen molar-refractivity contribution in [2.24, 2.45) is 0 Å². The Morgan fingerprint density at radius 2 is 1.64 bits per heavy atom. The van der Waals surface area contributed by atoms with Gasteiger partial charge in [0.1, 0.15) is 11.3 Å². The van der Waals surface area contributed by atoms with Crippen LogP contribution in [0.1, 0.15) is 49.1 Å². The van der Waals surface area contributed by atoms with Crippen molar-refractivity contribution in [2.45, 2.75) is 27.3 Å². The van der Waals surface area contributed by atoms with Gasteiger partial charge in [0.05, 0.1) is 29.4 Å². The van der Waals surface area contributed by atoms with Crippen molar-refractivity contribution in [3.8, 4) is 0 Å². The molecule has 0 aliphatic carbocycles. The number of nitrogens with zero attached hydrogens (tertiary/aromatic N) is 5. The molecule has 0 saturated heterocycles. The van der Waals surface area contributed by atoms with E-state index in [1.807, 2.05) is 39.0 Å². The number of fused-ring (bicyclic) bond motifs is 2. The minimum Gasteiger partial charge on any atom is -0.465 e. The van der Waals surface area contributed by atoms with Gasteiger partial charge in [0.25, 0.3) is 0 Å². The number of aryl methyl sites for hydroxylation is 3. The van der Waals surface area contributed by atoms with Gasteiger partial charge in [0, 0.05) is 49.0 Å². The van der Waals surface area contributed by atoms with E-state index in [1.54, 1.807) is 44.4 Å². The Morgan fingerprint density at radius 1 is 0.923 bits per heavy atom. The number of ether oxygens (including phenoxy) is 1. The summed E-state index contributed by atoms with van der Waals surface area (Å²) in [5, 5.41) is 0.383. The van der Waals surface area contributed by atoms with E-state index >= 15 is 0 Å². The van der Waals surface area contributed by atoms with E-state index in [9.17, 15) is 14.4 Å². The Labute approximate surface area is 225 Å². The molecular formula is C30H29N5O4. The third-order valence-corrected chi connectivity index (χ3v) is 6.85. The molecule has 3 heterocycles. The highest BCUT2D eigenvalue weighted by molar-refractivity contribution is 6.21. The van der Waals surface area contributed by atoms with Crippen LogP contribution in [0.2, 0.25) is 0 Å². The van der Waals surface area contributed by atoms with Gasteiger partial charge in [0.15, 0.2) is 5.78 Å². The number of aromatic nitrogens is 4. The standard InChI is InChI=1S/C30H29N5O4/c1-17-14-25-27(18(2)31-17)32-19(3)34(25)15-20-10-12-21(13-11-20)28(36)23-16-35(30(38)33(4)5)24-9-7-8-22(26(23)24)29(37)39-6/h7-14,16H,15H2,1-6H3. The largest absolute Gasteiger partial charge is 0.465 e. The molecule has 0 aliphatic rings. The van der Waals surface area contributed by atoms with Crippen LogP contribution in [-0.4, -0.2) is 63.0 Å². The number of pyridine rings is 1. The highest BCUT2D eigenvalue weighted by atomic mass is 16.5. The molecule has 0 saturated carbocycles. The van der Waals surface area contributed by atoms with Crippen molar-refractivity contribution in [1.29, 1.82) is 0 Å². The topological polar surface area (TPSA) is 99.3 Å². The fraction of sp³-hybridized carbons (Fsp3) is 0.233. The molecule has 2 aromatic carbocycles. The van der Waals surface area contributed by atoms with Gasteiger partial charge < -0.3 is 14.2 Å². The van der Waals surface area contributed by atoms with Gasteiger partial charge >= 0.3 is 12.0 Å². The van der Waals surface area contributed by atoms with E-state index in [4.69, 9.17) is 9.72 Å². The molecule has 0 radical (unpaired) electrons. The van der Waals surface area contributed by atoms with Gasteiger partial charge in [-0.15, -0.1) is 0 Å². The molecule has 9 heteroatoms. The molecule has 1 amide bonds. The summed E-state index contributed by atoms with van der Waals surface area (Å²) in [4.78, 5) is 49.8. The van der Waals surface area contributed by atoms with E-state index in [0.29, 0.717) is 23.0 Å². The monoisotopic (exact) mass is 523 g/mol. The Bertz CT molecular complexity index is 1780. The molecular weight excluding hydrogens is 494 g/mol. The second-order valence-electron chi connectivity index (χ2n) is 9.77. The zero-order valence-corrected chi connectivity index (χ0v) is 22.8. The minimum absolute atomic E-state index is 0.225. The first-order valence-corrected chi connectivity index (χ1v) is 12.5. The second-order valence-corrected chi connectivity index (χ2v) is 9.77. The lowest BCUT2D eigenvalue weighted by Crippen LogP contribution is -2.26. The fourth-order valence-corrected chi connectivity index (χ4v) is 4.95. The SMILES string of the molecule is COC(=O)c1cccc2c1c(C(=O)c1ccc(Cn3c(C)nc4c(C)nc(C)cc43)cc1)cn2C(=O)N(C)C. The van der Waals surface area contributed by atoms with Crippen LogP contribution < -0.4 is 0 Å². The number of benzene rings is 2. The van der Waals surface area contributed by atoms with Crippen LogP contribution >= 0.6 is 0 Å². The van der Waals surface area contributed by atoms with E-state index in [-0.39, 0.29) is 22.9 Å². The van der Waals surface area contributed by atoms with Gasteiger partial charge in [0.2, 0.25) is 0 Å². The van der Waals surface area contributed by atoms with Gasteiger partial charge in [-0.25, -0.2) is 14.6 Å². The van der Waals surface area contributed by atoms with Gasteiger partial charge in [-0.1, -0.05) is 30.3 Å². The van der Waals surface area contributed by atoms with Crippen LogP contribution in [0.5, 0.6) is 0 Å². The number of imidazole rings is 1. The Hall–Kier alpha value is -4.79. The van der Waals surface area contributed by atoms with Crippen molar-refractivity contribution in [2.75, 3.05) is 21.2 Å². The molecule has 9 nitrogen and oxygen atoms in total. The first-order valence-electron chi connectivity index (χ1n) is 12.5. The van der Waals surface area contributed by atoms with E-state index in [2.05, 4.69) is 9.55 Å². The summed E-state index contributed by atoms with van der Waals surface area (Å²) < 4.78 is 8.48. The quantitative estimate of drug-likeness (QED) is 0.240. The Kier molecular flexibility index (Phi) is 6.51. The van der Waals surface area contributed by atoms with E-state index < -0.39 is 5.97 Å². The third-order valence-electron chi connectivity index (χ3n) is 6.85. The van der Waals surface area contributed by atoms with Crippen molar-refractivity contribution in [1.82, 2.24) is 24.0 Å². The first kappa shape index (κ1) is 25.8. The fourth-order valence-electron chi connectivity index (χ4n) is 4.95. The summed E-state index contributed by atoms with van der Waals surface area (Å²) in [6.45, 7) is 6.48. The van der Waals surface area contributed by atoms with Crippen LogP contribution in [0.15, 0.2) is 54.7 Å². The molecule has 0 bridgehead atoms. The second kappa shape index (κ2) is 9.83. The maximum Gasteiger partial charge on any atom is 0.338 e. The van der Waals surface area contributed by atoms with E-state index in [1.165, 1.54) is 22.8 Å². The van der Waals surface area contributed by atoms with Crippen molar-refractivity contribution < 1.29 is 19.1 Å².